The molecule has 1 N–H and O–H groups in total. The summed E-state index contributed by atoms with van der Waals surface area (Å²) in [6.07, 6.45) is 2.19. The SMILES string of the molecule is CCOc1cccc(CNCC=C(C)C)c1. The van der Waals surface area contributed by atoms with Gasteiger partial charge in [-0.1, -0.05) is 23.8 Å². The Hall–Kier alpha value is -1.28. The van der Waals surface area contributed by atoms with Crippen LogP contribution in [0.3, 0.4) is 0 Å². The van der Waals surface area contributed by atoms with Crippen LogP contribution in [0.1, 0.15) is 26.3 Å². The number of hydrogen-bond acceptors (Lipinski definition) is 2. The minimum Gasteiger partial charge on any atom is -0.494 e. The van der Waals surface area contributed by atoms with Crippen molar-refractivity contribution < 1.29 is 4.74 Å². The van der Waals surface area contributed by atoms with E-state index in [9.17, 15) is 0 Å². The second-order valence-corrected chi connectivity index (χ2v) is 3.99. The molecule has 0 unspecified atom stereocenters. The number of allylic oxidation sites excluding steroid dienone is 1. The summed E-state index contributed by atoms with van der Waals surface area (Å²) in [5.74, 6) is 0.948. The molecule has 0 aliphatic heterocycles. The number of nitrogens with one attached hydrogen (secondary N) is 1. The Morgan fingerprint density at radius 1 is 1.38 bits per heavy atom. The van der Waals surface area contributed by atoms with Crippen LogP contribution >= 0.6 is 0 Å². The van der Waals surface area contributed by atoms with E-state index in [-0.39, 0.29) is 0 Å². The summed E-state index contributed by atoms with van der Waals surface area (Å²) in [7, 11) is 0. The van der Waals surface area contributed by atoms with Crippen LogP contribution in [0.2, 0.25) is 0 Å². The monoisotopic (exact) mass is 219 g/mol. The molecule has 16 heavy (non-hydrogen) atoms. The van der Waals surface area contributed by atoms with Crippen LogP contribution in [0.4, 0.5) is 0 Å². The molecular weight excluding hydrogens is 198 g/mol. The van der Waals surface area contributed by atoms with Crippen LogP contribution in [0, 0.1) is 0 Å². The van der Waals surface area contributed by atoms with Gasteiger partial charge in [0.15, 0.2) is 0 Å². The van der Waals surface area contributed by atoms with Gasteiger partial charge in [-0.15, -0.1) is 0 Å². The van der Waals surface area contributed by atoms with Crippen molar-refractivity contribution in [2.75, 3.05) is 13.2 Å². The molecule has 1 rings (SSSR count). The molecule has 0 aromatic heterocycles. The quantitative estimate of drug-likeness (QED) is 0.586. The number of hydrogen-bond donors (Lipinski definition) is 1. The highest BCUT2D eigenvalue weighted by Gasteiger charge is 1.95. The Labute approximate surface area is 98.3 Å². The fourth-order valence-corrected chi connectivity index (χ4v) is 1.40. The molecule has 1 aromatic rings. The second kappa shape index (κ2) is 7.07. The molecule has 0 bridgehead atoms. The van der Waals surface area contributed by atoms with E-state index < -0.39 is 0 Å². The smallest absolute Gasteiger partial charge is 0.119 e. The van der Waals surface area contributed by atoms with Crippen molar-refractivity contribution in [2.24, 2.45) is 0 Å². The highest BCUT2D eigenvalue weighted by molar-refractivity contribution is 5.28. The summed E-state index contributed by atoms with van der Waals surface area (Å²) in [5.41, 5.74) is 2.60. The lowest BCUT2D eigenvalue weighted by atomic mass is 10.2. The van der Waals surface area contributed by atoms with Crippen molar-refractivity contribution in [3.8, 4) is 5.75 Å². The molecule has 0 amide bonds. The van der Waals surface area contributed by atoms with Crippen LogP contribution in [0.25, 0.3) is 0 Å². The highest BCUT2D eigenvalue weighted by atomic mass is 16.5. The molecule has 88 valence electrons. The van der Waals surface area contributed by atoms with Crippen LogP contribution in [-0.2, 0) is 6.54 Å². The first kappa shape index (κ1) is 12.8. The van der Waals surface area contributed by atoms with Crippen molar-refractivity contribution >= 4 is 0 Å². The Balaban J connectivity index is 2.41. The molecule has 2 nitrogen and oxygen atoms in total. The summed E-state index contributed by atoms with van der Waals surface area (Å²) in [5, 5.41) is 3.37. The summed E-state index contributed by atoms with van der Waals surface area (Å²) in [4.78, 5) is 0. The first-order chi connectivity index (χ1) is 7.72. The van der Waals surface area contributed by atoms with Gasteiger partial charge in [-0.3, -0.25) is 0 Å². The molecule has 0 heterocycles. The molecule has 0 aliphatic carbocycles. The van der Waals surface area contributed by atoms with E-state index in [2.05, 4.69) is 37.4 Å². The summed E-state index contributed by atoms with van der Waals surface area (Å²) >= 11 is 0. The molecule has 0 aliphatic rings. The van der Waals surface area contributed by atoms with E-state index in [1.54, 1.807) is 0 Å². The lowest BCUT2D eigenvalue weighted by Gasteiger charge is -2.06. The van der Waals surface area contributed by atoms with Crippen LogP contribution in [0.5, 0.6) is 5.75 Å². The van der Waals surface area contributed by atoms with Crippen molar-refractivity contribution in [1.29, 1.82) is 0 Å². The zero-order chi connectivity index (χ0) is 11.8. The maximum Gasteiger partial charge on any atom is 0.119 e. The fourth-order valence-electron chi connectivity index (χ4n) is 1.40. The molecular formula is C14H21NO. The Kier molecular flexibility index (Phi) is 5.65. The van der Waals surface area contributed by atoms with Gasteiger partial charge in [0.2, 0.25) is 0 Å². The molecule has 0 fully saturated rings. The lowest BCUT2D eigenvalue weighted by Crippen LogP contribution is -2.13. The molecule has 0 saturated carbocycles. The van der Waals surface area contributed by atoms with Gasteiger partial charge in [0.25, 0.3) is 0 Å². The first-order valence-electron chi connectivity index (χ1n) is 5.78. The van der Waals surface area contributed by atoms with E-state index in [4.69, 9.17) is 4.74 Å². The molecule has 0 radical (unpaired) electrons. The molecule has 2 heteroatoms. The van der Waals surface area contributed by atoms with Crippen LogP contribution in [0.15, 0.2) is 35.9 Å². The number of rotatable bonds is 6. The zero-order valence-corrected chi connectivity index (χ0v) is 10.4. The van der Waals surface area contributed by atoms with E-state index >= 15 is 0 Å². The Morgan fingerprint density at radius 3 is 2.88 bits per heavy atom. The van der Waals surface area contributed by atoms with Gasteiger partial charge in [-0.05, 0) is 38.5 Å². The minimum absolute atomic E-state index is 0.717. The largest absolute Gasteiger partial charge is 0.494 e. The van der Waals surface area contributed by atoms with Crippen molar-refractivity contribution in [1.82, 2.24) is 5.32 Å². The van der Waals surface area contributed by atoms with Gasteiger partial charge >= 0.3 is 0 Å². The molecule has 1 aromatic carbocycles. The molecule has 0 saturated heterocycles. The lowest BCUT2D eigenvalue weighted by molar-refractivity contribution is 0.340. The van der Waals surface area contributed by atoms with Gasteiger partial charge in [0, 0.05) is 13.1 Å². The maximum absolute atomic E-state index is 5.45. The minimum atomic E-state index is 0.717. The maximum atomic E-state index is 5.45. The van der Waals surface area contributed by atoms with Gasteiger partial charge in [-0.2, -0.15) is 0 Å². The third kappa shape index (κ3) is 4.99. The van der Waals surface area contributed by atoms with Crippen LogP contribution < -0.4 is 10.1 Å². The molecule has 0 spiro atoms. The third-order valence-corrected chi connectivity index (χ3v) is 2.19. The van der Waals surface area contributed by atoms with Gasteiger partial charge in [-0.25, -0.2) is 0 Å². The van der Waals surface area contributed by atoms with Gasteiger partial charge < -0.3 is 10.1 Å². The standard InChI is InChI=1S/C14H21NO/c1-4-16-14-7-5-6-13(10-14)11-15-9-8-12(2)3/h5-8,10,15H,4,9,11H2,1-3H3. The second-order valence-electron chi connectivity index (χ2n) is 3.99. The van der Waals surface area contributed by atoms with Crippen molar-refractivity contribution in [3.05, 3.63) is 41.5 Å². The average molecular weight is 219 g/mol. The van der Waals surface area contributed by atoms with Gasteiger partial charge in [0.1, 0.15) is 5.75 Å². The van der Waals surface area contributed by atoms with Crippen molar-refractivity contribution in [2.45, 2.75) is 27.3 Å². The molecule has 0 atom stereocenters. The summed E-state index contributed by atoms with van der Waals surface area (Å²) in [6.45, 7) is 8.73. The Morgan fingerprint density at radius 2 is 2.19 bits per heavy atom. The number of ether oxygens (including phenoxy) is 1. The summed E-state index contributed by atoms with van der Waals surface area (Å²) < 4.78 is 5.45. The normalized spacial score (nSPS) is 9.94. The predicted molar refractivity (Wildman–Crippen MR) is 68.7 cm³/mol. The third-order valence-electron chi connectivity index (χ3n) is 2.19. The van der Waals surface area contributed by atoms with E-state index in [1.807, 2.05) is 19.1 Å². The average Bonchev–Trinajstić information content (AvgIpc) is 2.25. The zero-order valence-electron chi connectivity index (χ0n) is 10.4. The predicted octanol–water partition coefficient (Wildman–Crippen LogP) is 3.14. The van der Waals surface area contributed by atoms with Gasteiger partial charge in [0.05, 0.1) is 6.61 Å². The van der Waals surface area contributed by atoms with Crippen LogP contribution in [-0.4, -0.2) is 13.2 Å². The first-order valence-corrected chi connectivity index (χ1v) is 5.78. The fraction of sp³-hybridized carbons (Fsp3) is 0.429. The van der Waals surface area contributed by atoms with E-state index in [0.717, 1.165) is 18.8 Å². The topological polar surface area (TPSA) is 21.3 Å². The summed E-state index contributed by atoms with van der Waals surface area (Å²) in [6, 6.07) is 8.21. The Bertz CT molecular complexity index is 340. The highest BCUT2D eigenvalue weighted by Crippen LogP contribution is 2.12. The van der Waals surface area contributed by atoms with Crippen molar-refractivity contribution in [3.63, 3.8) is 0 Å². The number of benzene rings is 1. The van der Waals surface area contributed by atoms with E-state index in [0.29, 0.717) is 6.61 Å². The van der Waals surface area contributed by atoms with E-state index in [1.165, 1.54) is 11.1 Å².